The van der Waals surface area contributed by atoms with Gasteiger partial charge in [-0.1, -0.05) is 349 Å². The van der Waals surface area contributed by atoms with Gasteiger partial charge in [-0.15, -0.1) is 0 Å². The van der Waals surface area contributed by atoms with E-state index in [4.69, 9.17) is 46.9 Å². The molecule has 2 heterocycles. The van der Waals surface area contributed by atoms with Crippen LogP contribution in [-0.4, -0.2) is 205 Å². The fourth-order valence-corrected chi connectivity index (χ4v) is 17.2. The van der Waals surface area contributed by atoms with Gasteiger partial charge >= 0.3 is 31.7 Å². The zero-order chi connectivity index (χ0) is 87.1. The van der Waals surface area contributed by atoms with Crippen LogP contribution in [0.15, 0.2) is 12.2 Å². The Balaban J connectivity index is 1.93. The maximum atomic E-state index is 14.9. The largest absolute Gasteiger partial charge is 0.472 e. The minimum atomic E-state index is -5.81. The number of carbonyl (C=O) groups excluding carboxylic acids is 4. The van der Waals surface area contributed by atoms with Gasteiger partial charge in [0.05, 0.1) is 13.2 Å². The summed E-state index contributed by atoms with van der Waals surface area (Å²) >= 11 is 0. The summed E-state index contributed by atoms with van der Waals surface area (Å²) in [5, 5.41) is 102. The second-order valence-electron chi connectivity index (χ2n) is 35.1. The molecular formula is C93H173O25P. The fourth-order valence-electron chi connectivity index (χ4n) is 16.2. The standard InChI is InChI=1S/C93H173O25P/c1-7-11-15-19-23-25-27-29-30-32-34-36-38-48-56-64-77(96)110-70-75-81(100)83(102)87(106)93(114-75)117-90-88(115-79(98)66-58-50-42-40-46-54-62-72(6)60-52-44-22-18-14-10-4)84(103)85(104)89(116-92-86(105)82(101)80(99)74(67-94)113-92)91(90)118-119(107,108)111-69-73(68-109-76(95)63-55-47-37-35-33-31-28-26-24-20-16-12-8-2)112-78(97)65-57-49-41-39-45-53-61-71(5)59-51-43-21-17-13-9-3/h31,33,71-75,80-94,99-106H,7-30,32,34-70H2,1-6H3,(H,107,108)/b33-31-. The van der Waals surface area contributed by atoms with E-state index in [9.17, 15) is 74.6 Å². The van der Waals surface area contributed by atoms with Crippen molar-refractivity contribution in [1.82, 2.24) is 0 Å². The van der Waals surface area contributed by atoms with Gasteiger partial charge in [-0.25, -0.2) is 4.57 Å². The zero-order valence-corrected chi connectivity index (χ0v) is 75.9. The quantitative estimate of drug-likeness (QED) is 0.00889. The van der Waals surface area contributed by atoms with Crippen LogP contribution in [0.3, 0.4) is 0 Å². The van der Waals surface area contributed by atoms with Gasteiger partial charge in [0.2, 0.25) is 0 Å². The number of aliphatic hydroxyl groups excluding tert-OH is 9. The molecule has 0 spiro atoms. The molecule has 1 aliphatic carbocycles. The van der Waals surface area contributed by atoms with E-state index < -0.39 is 162 Å². The smallest absolute Gasteiger partial charge is 0.463 e. The van der Waals surface area contributed by atoms with Gasteiger partial charge < -0.3 is 88.7 Å². The van der Waals surface area contributed by atoms with Crippen molar-refractivity contribution in [2.45, 2.75) is 518 Å². The summed E-state index contributed by atoms with van der Waals surface area (Å²) in [6.07, 6.45) is 26.4. The molecule has 0 aromatic heterocycles. The second-order valence-corrected chi connectivity index (χ2v) is 36.5. The van der Waals surface area contributed by atoms with Crippen LogP contribution in [0.5, 0.6) is 0 Å². The van der Waals surface area contributed by atoms with Crippen LogP contribution >= 0.6 is 7.82 Å². The maximum absolute atomic E-state index is 14.9. The van der Waals surface area contributed by atoms with E-state index in [1.807, 2.05) is 0 Å². The molecule has 3 aliphatic rings. The molecule has 0 radical (unpaired) electrons. The van der Waals surface area contributed by atoms with Gasteiger partial charge in [-0.3, -0.25) is 28.2 Å². The molecule has 25 nitrogen and oxygen atoms in total. The van der Waals surface area contributed by atoms with Crippen LogP contribution in [0.1, 0.15) is 414 Å². The molecule has 2 saturated heterocycles. The van der Waals surface area contributed by atoms with Gasteiger partial charge in [-0.05, 0) is 63.2 Å². The number of phosphoric ester groups is 1. The molecule has 0 aromatic rings. The number of hydrogen-bond acceptors (Lipinski definition) is 24. The van der Waals surface area contributed by atoms with Crippen molar-refractivity contribution >= 4 is 31.7 Å². The lowest BCUT2D eigenvalue weighted by Gasteiger charge is -2.50. The van der Waals surface area contributed by atoms with Crippen LogP contribution in [0, 0.1) is 11.8 Å². The van der Waals surface area contributed by atoms with Crippen molar-refractivity contribution in [3.63, 3.8) is 0 Å². The highest BCUT2D eigenvalue weighted by Crippen LogP contribution is 2.49. The van der Waals surface area contributed by atoms with Crippen molar-refractivity contribution in [3.8, 4) is 0 Å². The number of rotatable bonds is 77. The van der Waals surface area contributed by atoms with Crippen molar-refractivity contribution in [1.29, 1.82) is 0 Å². The van der Waals surface area contributed by atoms with E-state index >= 15 is 0 Å². The van der Waals surface area contributed by atoms with Crippen molar-refractivity contribution in [2.24, 2.45) is 11.8 Å². The predicted octanol–water partition coefficient (Wildman–Crippen LogP) is 18.0. The predicted molar refractivity (Wildman–Crippen MR) is 462 cm³/mol. The molecule has 1 saturated carbocycles. The Morgan fingerprint density at radius 2 is 0.681 bits per heavy atom. The van der Waals surface area contributed by atoms with Crippen LogP contribution in [0.4, 0.5) is 0 Å². The van der Waals surface area contributed by atoms with Crippen LogP contribution in [-0.2, 0) is 70.7 Å². The Hall–Kier alpha value is -2.79. The molecule has 3 fully saturated rings. The molecule has 2 aliphatic heterocycles. The number of phosphoric acid groups is 1. The SMILES string of the molecule is CCCCCCCC/C=C\CCCCCC(=O)OCC(COP(=O)(O)OC1C(OC2OC(CO)C(O)C(O)C2O)C(O)C(O)C(OC(=O)CCCCCCCCC(C)CCCCCCCC)C1OC1OC(COC(=O)CCCCCCCCCCCCCCCCC)C(O)C(O)C1O)OC(=O)CCCCCCCCC(C)CCCCCCCC. The average Bonchev–Trinajstić information content (AvgIpc) is 0.754. The van der Waals surface area contributed by atoms with Gasteiger partial charge in [0.25, 0.3) is 0 Å². The van der Waals surface area contributed by atoms with E-state index in [-0.39, 0.29) is 25.7 Å². The van der Waals surface area contributed by atoms with Crippen LogP contribution in [0.2, 0.25) is 0 Å². The number of carbonyl (C=O) groups is 4. The normalized spacial score (nSPS) is 25.4. The number of hydrogen-bond donors (Lipinski definition) is 10. The molecule has 3 rings (SSSR count). The van der Waals surface area contributed by atoms with Gasteiger partial charge in [0.1, 0.15) is 92.6 Å². The number of unbranched alkanes of at least 4 members (excludes halogenated alkanes) is 43. The number of aliphatic hydroxyl groups is 9. The lowest BCUT2D eigenvalue weighted by Crippen LogP contribution is -2.70. The minimum Gasteiger partial charge on any atom is -0.463 e. The molecule has 0 bridgehead atoms. The summed E-state index contributed by atoms with van der Waals surface area (Å²) in [6.45, 7) is 10.2. The molecule has 26 heteroatoms. The third-order valence-electron chi connectivity index (χ3n) is 24.1. The summed E-state index contributed by atoms with van der Waals surface area (Å²) in [7, 11) is -5.81. The first-order valence-electron chi connectivity index (χ1n) is 48.2. The highest BCUT2D eigenvalue weighted by Gasteiger charge is 2.60. The Kier molecular flexibility index (Phi) is 65.2. The summed E-state index contributed by atoms with van der Waals surface area (Å²) in [4.78, 5) is 66.6. The van der Waals surface area contributed by atoms with E-state index in [2.05, 4.69) is 53.7 Å². The summed E-state index contributed by atoms with van der Waals surface area (Å²) in [6, 6.07) is 0. The maximum Gasteiger partial charge on any atom is 0.472 e. The second kappa shape index (κ2) is 70.3. The Labute approximate surface area is 718 Å². The molecule has 20 atom stereocenters. The first-order chi connectivity index (χ1) is 57.5. The van der Waals surface area contributed by atoms with Gasteiger partial charge in [0, 0.05) is 25.7 Å². The first-order valence-corrected chi connectivity index (χ1v) is 49.7. The van der Waals surface area contributed by atoms with E-state index in [0.717, 1.165) is 128 Å². The Bertz CT molecular complexity index is 2550. The Morgan fingerprint density at radius 3 is 1.09 bits per heavy atom. The average molecular weight is 1720 g/mol. The topological polar surface area (TPSA) is 380 Å². The molecular weight excluding hydrogens is 1550 g/mol. The van der Waals surface area contributed by atoms with Crippen LogP contribution in [0.25, 0.3) is 0 Å². The zero-order valence-electron chi connectivity index (χ0n) is 75.0. The third kappa shape index (κ3) is 51.0. The highest BCUT2D eigenvalue weighted by molar-refractivity contribution is 7.47. The van der Waals surface area contributed by atoms with E-state index in [1.165, 1.54) is 186 Å². The summed E-state index contributed by atoms with van der Waals surface area (Å²) < 4.78 is 73.6. The molecule has 0 aromatic carbocycles. The molecule has 0 amide bonds. The Morgan fingerprint density at radius 1 is 0.353 bits per heavy atom. The minimum absolute atomic E-state index is 0.0151. The third-order valence-corrected chi connectivity index (χ3v) is 25.0. The van der Waals surface area contributed by atoms with Crippen molar-refractivity contribution in [3.05, 3.63) is 12.2 Å². The molecule has 119 heavy (non-hydrogen) atoms. The monoisotopic (exact) mass is 1720 g/mol. The highest BCUT2D eigenvalue weighted by atomic mass is 31.2. The summed E-state index contributed by atoms with van der Waals surface area (Å²) in [5.41, 5.74) is 0. The lowest BCUT2D eigenvalue weighted by atomic mass is 9.84. The lowest BCUT2D eigenvalue weighted by molar-refractivity contribution is -0.360. The number of ether oxygens (including phenoxy) is 8. The fraction of sp³-hybridized carbons (Fsp3) is 0.935. The number of allylic oxidation sites excluding steroid dienone is 2. The molecule has 20 unspecified atom stereocenters. The van der Waals surface area contributed by atoms with Crippen molar-refractivity contribution in [2.75, 3.05) is 26.4 Å². The molecule has 700 valence electrons. The molecule has 10 N–H and O–H groups in total. The van der Waals surface area contributed by atoms with E-state index in [1.54, 1.807) is 0 Å². The number of esters is 4. The van der Waals surface area contributed by atoms with Crippen LogP contribution < -0.4 is 0 Å². The van der Waals surface area contributed by atoms with E-state index in [0.29, 0.717) is 43.9 Å². The van der Waals surface area contributed by atoms with Gasteiger partial charge in [-0.2, -0.15) is 0 Å². The first kappa shape index (κ1) is 110. The summed E-state index contributed by atoms with van der Waals surface area (Å²) in [5.74, 6) is -1.68. The van der Waals surface area contributed by atoms with Gasteiger partial charge in [0.15, 0.2) is 24.8 Å². The van der Waals surface area contributed by atoms with Crippen molar-refractivity contribution < 1.29 is 122 Å².